The van der Waals surface area contributed by atoms with E-state index in [2.05, 4.69) is 11.9 Å². The predicted octanol–water partition coefficient (Wildman–Crippen LogP) is 2.57. The number of aliphatic hydroxyl groups is 1. The minimum absolute atomic E-state index is 0.0159. The van der Waals surface area contributed by atoms with Gasteiger partial charge in [0.15, 0.2) is 0 Å². The molecule has 110 valence electrons. The maximum atomic E-state index is 9.40. The molecule has 2 aliphatic carbocycles. The summed E-state index contributed by atoms with van der Waals surface area (Å²) in [6.45, 7) is 2.11. The molecule has 3 rings (SSSR count). The highest BCUT2D eigenvalue weighted by Crippen LogP contribution is 2.40. The third kappa shape index (κ3) is 3.14. The summed E-state index contributed by atoms with van der Waals surface area (Å²) in [7, 11) is 2.28. The lowest BCUT2D eigenvalue weighted by Gasteiger charge is -2.47. The molecule has 0 aromatic carbocycles. The van der Waals surface area contributed by atoms with Crippen LogP contribution in [-0.2, 0) is 4.74 Å². The molecule has 1 aliphatic heterocycles. The summed E-state index contributed by atoms with van der Waals surface area (Å²) < 4.78 is 6.18. The van der Waals surface area contributed by atoms with Crippen molar-refractivity contribution in [3.8, 4) is 0 Å². The molecule has 0 bridgehead atoms. The molecule has 3 heteroatoms. The molecule has 1 saturated heterocycles. The lowest BCUT2D eigenvalue weighted by molar-refractivity contribution is -0.124. The van der Waals surface area contributed by atoms with Crippen LogP contribution in [0.2, 0.25) is 0 Å². The fourth-order valence-corrected chi connectivity index (χ4v) is 4.33. The first kappa shape index (κ1) is 13.8. The summed E-state index contributed by atoms with van der Waals surface area (Å²) in [6, 6.07) is 0.699. The van der Waals surface area contributed by atoms with Crippen LogP contribution in [0.25, 0.3) is 0 Å². The van der Waals surface area contributed by atoms with Gasteiger partial charge in [0.25, 0.3) is 0 Å². The van der Waals surface area contributed by atoms with Crippen molar-refractivity contribution < 1.29 is 9.84 Å². The Morgan fingerprint density at radius 1 is 1.21 bits per heavy atom. The number of hydrogen-bond donors (Lipinski definition) is 1. The van der Waals surface area contributed by atoms with E-state index in [-0.39, 0.29) is 11.7 Å². The third-order valence-electron chi connectivity index (χ3n) is 5.61. The molecule has 0 aromatic heterocycles. The normalized spacial score (nSPS) is 38.4. The third-order valence-corrected chi connectivity index (χ3v) is 5.61. The van der Waals surface area contributed by atoms with Crippen LogP contribution in [0.4, 0.5) is 0 Å². The quantitative estimate of drug-likeness (QED) is 0.853. The molecular formula is C16H29NO2. The Hall–Kier alpha value is -0.120. The average Bonchev–Trinajstić information content (AvgIpc) is 2.38. The van der Waals surface area contributed by atoms with Crippen LogP contribution in [0.3, 0.4) is 0 Å². The minimum atomic E-state index is -0.0159. The van der Waals surface area contributed by atoms with Gasteiger partial charge in [0.1, 0.15) is 0 Å². The molecule has 2 saturated carbocycles. The molecule has 1 heterocycles. The van der Waals surface area contributed by atoms with Crippen LogP contribution in [-0.4, -0.2) is 48.0 Å². The molecule has 1 spiro atoms. The molecule has 0 aromatic rings. The molecule has 1 atom stereocenters. The Bertz CT molecular complexity index is 290. The van der Waals surface area contributed by atoms with Crippen LogP contribution < -0.4 is 0 Å². The monoisotopic (exact) mass is 267 g/mol. The minimum Gasteiger partial charge on any atom is -0.393 e. The highest BCUT2D eigenvalue weighted by Gasteiger charge is 2.40. The van der Waals surface area contributed by atoms with Crippen molar-refractivity contribution in [2.24, 2.45) is 5.92 Å². The summed E-state index contributed by atoms with van der Waals surface area (Å²) in [6.07, 6.45) is 11.1. The van der Waals surface area contributed by atoms with Gasteiger partial charge in [-0.2, -0.15) is 0 Å². The number of rotatable bonds is 3. The zero-order valence-electron chi connectivity index (χ0n) is 12.3. The van der Waals surface area contributed by atoms with E-state index in [1.54, 1.807) is 0 Å². The number of hydrogen-bond acceptors (Lipinski definition) is 3. The summed E-state index contributed by atoms with van der Waals surface area (Å²) in [5, 5.41) is 9.40. The zero-order valence-corrected chi connectivity index (χ0v) is 12.3. The summed E-state index contributed by atoms with van der Waals surface area (Å²) in [5.74, 6) is 0.727. The second-order valence-corrected chi connectivity index (χ2v) is 7.17. The molecule has 0 amide bonds. The van der Waals surface area contributed by atoms with Gasteiger partial charge in [-0.1, -0.05) is 19.3 Å². The lowest BCUT2D eigenvalue weighted by Crippen LogP contribution is -2.50. The van der Waals surface area contributed by atoms with Crippen LogP contribution >= 0.6 is 0 Å². The SMILES string of the molecule is CN(CC1CC(O)C1)C1CCOC2(CCCCC2)C1. The Morgan fingerprint density at radius 3 is 2.63 bits per heavy atom. The summed E-state index contributed by atoms with van der Waals surface area (Å²) in [5.41, 5.74) is 0.217. The smallest absolute Gasteiger partial charge is 0.0697 e. The van der Waals surface area contributed by atoms with E-state index in [1.165, 1.54) is 44.9 Å². The van der Waals surface area contributed by atoms with Gasteiger partial charge in [0, 0.05) is 19.2 Å². The maximum absolute atomic E-state index is 9.40. The second kappa shape index (κ2) is 5.71. The molecule has 3 nitrogen and oxygen atoms in total. The fraction of sp³-hybridized carbons (Fsp3) is 1.00. The largest absolute Gasteiger partial charge is 0.393 e. The summed E-state index contributed by atoms with van der Waals surface area (Å²) in [4.78, 5) is 2.55. The first-order valence-corrected chi connectivity index (χ1v) is 8.19. The van der Waals surface area contributed by atoms with Gasteiger partial charge in [-0.05, 0) is 51.5 Å². The Kier molecular flexibility index (Phi) is 4.16. The predicted molar refractivity (Wildman–Crippen MR) is 76.2 cm³/mol. The van der Waals surface area contributed by atoms with Gasteiger partial charge in [-0.25, -0.2) is 0 Å². The van der Waals surface area contributed by atoms with Crippen LogP contribution in [0.1, 0.15) is 57.8 Å². The number of aliphatic hydroxyl groups excluding tert-OH is 1. The molecule has 3 fully saturated rings. The topological polar surface area (TPSA) is 32.7 Å². The molecule has 0 radical (unpaired) electrons. The van der Waals surface area contributed by atoms with E-state index in [0.29, 0.717) is 6.04 Å². The van der Waals surface area contributed by atoms with E-state index in [9.17, 15) is 5.11 Å². The number of ether oxygens (including phenoxy) is 1. The standard InChI is InChI=1S/C16H29NO2/c1-17(12-13-9-15(18)10-13)14-5-8-19-16(11-14)6-3-2-4-7-16/h13-15,18H,2-12H2,1H3. The van der Waals surface area contributed by atoms with Gasteiger partial charge in [0.05, 0.1) is 11.7 Å². The van der Waals surface area contributed by atoms with Crippen molar-refractivity contribution in [2.45, 2.75) is 75.5 Å². The van der Waals surface area contributed by atoms with Crippen molar-refractivity contribution in [2.75, 3.05) is 20.2 Å². The molecular weight excluding hydrogens is 238 g/mol. The van der Waals surface area contributed by atoms with E-state index in [4.69, 9.17) is 4.74 Å². The van der Waals surface area contributed by atoms with E-state index >= 15 is 0 Å². The lowest BCUT2D eigenvalue weighted by atomic mass is 9.77. The van der Waals surface area contributed by atoms with Crippen molar-refractivity contribution in [1.29, 1.82) is 0 Å². The Balaban J connectivity index is 1.52. The van der Waals surface area contributed by atoms with Crippen LogP contribution in [0.5, 0.6) is 0 Å². The fourth-order valence-electron chi connectivity index (χ4n) is 4.33. The maximum Gasteiger partial charge on any atom is 0.0697 e. The van der Waals surface area contributed by atoms with Gasteiger partial charge < -0.3 is 14.7 Å². The van der Waals surface area contributed by atoms with Gasteiger partial charge in [-0.3, -0.25) is 0 Å². The van der Waals surface area contributed by atoms with E-state index < -0.39 is 0 Å². The van der Waals surface area contributed by atoms with Crippen LogP contribution in [0, 0.1) is 5.92 Å². The Labute approximate surface area is 117 Å². The highest BCUT2D eigenvalue weighted by atomic mass is 16.5. The highest BCUT2D eigenvalue weighted by molar-refractivity contribution is 4.93. The van der Waals surface area contributed by atoms with E-state index in [1.807, 2.05) is 0 Å². The average molecular weight is 267 g/mol. The Morgan fingerprint density at radius 2 is 1.95 bits per heavy atom. The number of nitrogens with zero attached hydrogens (tertiary/aromatic N) is 1. The van der Waals surface area contributed by atoms with Gasteiger partial charge in [-0.15, -0.1) is 0 Å². The van der Waals surface area contributed by atoms with Crippen LogP contribution in [0.15, 0.2) is 0 Å². The van der Waals surface area contributed by atoms with Crippen molar-refractivity contribution in [3.63, 3.8) is 0 Å². The van der Waals surface area contributed by atoms with Crippen molar-refractivity contribution in [3.05, 3.63) is 0 Å². The molecule has 3 aliphatic rings. The van der Waals surface area contributed by atoms with Gasteiger partial charge in [0.2, 0.25) is 0 Å². The zero-order chi connectivity index (χ0) is 13.3. The first-order chi connectivity index (χ1) is 9.17. The van der Waals surface area contributed by atoms with E-state index in [0.717, 1.165) is 31.9 Å². The summed E-state index contributed by atoms with van der Waals surface area (Å²) >= 11 is 0. The molecule has 19 heavy (non-hydrogen) atoms. The molecule has 1 unspecified atom stereocenters. The molecule has 1 N–H and O–H groups in total. The first-order valence-electron chi connectivity index (χ1n) is 8.19. The second-order valence-electron chi connectivity index (χ2n) is 7.17. The van der Waals surface area contributed by atoms with Gasteiger partial charge >= 0.3 is 0 Å². The van der Waals surface area contributed by atoms with Crippen molar-refractivity contribution in [1.82, 2.24) is 4.90 Å². The van der Waals surface area contributed by atoms with Crippen molar-refractivity contribution >= 4 is 0 Å².